The first-order valence-electron chi connectivity index (χ1n) is 8.35. The highest BCUT2D eigenvalue weighted by molar-refractivity contribution is 5.93. The quantitative estimate of drug-likeness (QED) is 0.748. The number of carbonyl (C=O) groups excluding carboxylic acids is 1. The van der Waals surface area contributed by atoms with E-state index in [4.69, 9.17) is 14.2 Å². The number of allylic oxidation sites excluding steroid dienone is 2. The van der Waals surface area contributed by atoms with E-state index in [1.807, 2.05) is 18.2 Å². The van der Waals surface area contributed by atoms with Crippen molar-refractivity contribution >= 4 is 5.78 Å². The fourth-order valence-electron chi connectivity index (χ4n) is 3.73. The number of ether oxygens (including phenoxy) is 3. The van der Waals surface area contributed by atoms with Gasteiger partial charge in [0.2, 0.25) is 0 Å². The molecule has 1 unspecified atom stereocenters. The van der Waals surface area contributed by atoms with Crippen LogP contribution in [-0.4, -0.2) is 25.3 Å². The summed E-state index contributed by atoms with van der Waals surface area (Å²) in [6.45, 7) is 6.14. The van der Waals surface area contributed by atoms with Crippen molar-refractivity contribution in [2.45, 2.75) is 31.8 Å². The molecule has 0 amide bonds. The lowest BCUT2D eigenvalue weighted by Gasteiger charge is -2.38. The Morgan fingerprint density at radius 1 is 1.50 bits per heavy atom. The molecule has 0 saturated carbocycles. The smallest absolute Gasteiger partial charge is 0.189 e. The topological polar surface area (TPSA) is 44.8 Å². The molecule has 4 nitrogen and oxygen atoms in total. The monoisotopic (exact) mass is 328 g/mol. The van der Waals surface area contributed by atoms with Gasteiger partial charge in [-0.25, -0.2) is 0 Å². The van der Waals surface area contributed by atoms with Crippen molar-refractivity contribution in [3.05, 3.63) is 54.3 Å². The van der Waals surface area contributed by atoms with E-state index >= 15 is 0 Å². The summed E-state index contributed by atoms with van der Waals surface area (Å²) in [5, 5.41) is 0. The molecule has 1 aliphatic carbocycles. The molecule has 0 bridgehead atoms. The molecule has 128 valence electrons. The van der Waals surface area contributed by atoms with Crippen molar-refractivity contribution in [2.75, 3.05) is 13.9 Å². The van der Waals surface area contributed by atoms with Crippen LogP contribution in [0.5, 0.6) is 5.75 Å². The Labute approximate surface area is 143 Å². The molecule has 2 aliphatic rings. The number of hydrogen-bond donors (Lipinski definition) is 0. The normalized spacial score (nSPS) is 27.0. The molecule has 0 aromatic heterocycles. The molecule has 0 spiro atoms. The van der Waals surface area contributed by atoms with Gasteiger partial charge in [0.05, 0.1) is 7.11 Å². The van der Waals surface area contributed by atoms with Gasteiger partial charge in [-0.15, -0.1) is 6.58 Å². The largest absolute Gasteiger partial charge is 0.497 e. The maximum Gasteiger partial charge on any atom is 0.189 e. The van der Waals surface area contributed by atoms with Crippen molar-refractivity contribution in [1.82, 2.24) is 0 Å². The number of rotatable bonds is 6. The Balaban J connectivity index is 1.85. The predicted octanol–water partition coefficient (Wildman–Crippen LogP) is 3.67. The molecule has 1 saturated heterocycles. The maximum atomic E-state index is 12.3. The second-order valence-corrected chi connectivity index (χ2v) is 6.59. The van der Waals surface area contributed by atoms with Gasteiger partial charge in [0.1, 0.15) is 17.1 Å². The highest BCUT2D eigenvalue weighted by atomic mass is 16.7. The second-order valence-electron chi connectivity index (χ2n) is 6.59. The Bertz CT molecular complexity index is 663. The lowest BCUT2D eigenvalue weighted by Crippen LogP contribution is -2.44. The third-order valence-corrected chi connectivity index (χ3v) is 5.10. The van der Waals surface area contributed by atoms with Crippen LogP contribution in [0, 0.1) is 11.8 Å². The second kappa shape index (κ2) is 6.81. The predicted molar refractivity (Wildman–Crippen MR) is 91.6 cm³/mol. The fourth-order valence-corrected chi connectivity index (χ4v) is 3.73. The highest BCUT2D eigenvalue weighted by Gasteiger charge is 2.51. The maximum absolute atomic E-state index is 12.3. The summed E-state index contributed by atoms with van der Waals surface area (Å²) in [5.74, 6) is 1.74. The Kier molecular flexibility index (Phi) is 4.76. The molecule has 1 aromatic rings. The van der Waals surface area contributed by atoms with E-state index in [-0.39, 0.29) is 24.4 Å². The molecule has 24 heavy (non-hydrogen) atoms. The van der Waals surface area contributed by atoms with Crippen LogP contribution in [0.3, 0.4) is 0 Å². The van der Waals surface area contributed by atoms with Crippen molar-refractivity contribution < 1.29 is 19.0 Å². The van der Waals surface area contributed by atoms with Crippen LogP contribution in [-0.2, 0) is 20.7 Å². The minimum Gasteiger partial charge on any atom is -0.497 e. The van der Waals surface area contributed by atoms with E-state index in [1.54, 1.807) is 19.3 Å². The van der Waals surface area contributed by atoms with Crippen LogP contribution < -0.4 is 4.74 Å². The van der Waals surface area contributed by atoms with Gasteiger partial charge in [-0.3, -0.25) is 4.79 Å². The summed E-state index contributed by atoms with van der Waals surface area (Å²) in [4.78, 5) is 12.3. The molecule has 0 radical (unpaired) electrons. The van der Waals surface area contributed by atoms with Crippen LogP contribution in [0.25, 0.3) is 0 Å². The zero-order valence-electron chi connectivity index (χ0n) is 14.3. The van der Waals surface area contributed by atoms with Gasteiger partial charge < -0.3 is 14.2 Å². The zero-order chi connectivity index (χ0) is 17.2. The Morgan fingerprint density at radius 2 is 2.33 bits per heavy atom. The van der Waals surface area contributed by atoms with Crippen molar-refractivity contribution in [3.8, 4) is 5.75 Å². The van der Waals surface area contributed by atoms with Gasteiger partial charge in [-0.1, -0.05) is 25.1 Å². The first-order valence-corrected chi connectivity index (χ1v) is 8.35. The SMILES string of the molecule is C=CC[C@H]1C[C@]2(C(C)Cc3cccc(OC)c3)OCOC2=CC1=O. The molecule has 4 heteroatoms. The van der Waals surface area contributed by atoms with Gasteiger partial charge in [0.15, 0.2) is 12.6 Å². The van der Waals surface area contributed by atoms with Crippen molar-refractivity contribution in [1.29, 1.82) is 0 Å². The molecule has 0 N–H and O–H groups in total. The average Bonchev–Trinajstić information content (AvgIpc) is 2.99. The third-order valence-electron chi connectivity index (χ3n) is 5.10. The minimum absolute atomic E-state index is 0.0827. The number of carbonyl (C=O) groups is 1. The summed E-state index contributed by atoms with van der Waals surface area (Å²) < 4.78 is 17.0. The Morgan fingerprint density at radius 3 is 3.08 bits per heavy atom. The van der Waals surface area contributed by atoms with E-state index in [0.717, 1.165) is 12.2 Å². The number of fused-ring (bicyclic) bond motifs is 1. The number of hydrogen-bond acceptors (Lipinski definition) is 4. The van der Waals surface area contributed by atoms with E-state index in [1.165, 1.54) is 5.56 Å². The van der Waals surface area contributed by atoms with Gasteiger partial charge in [-0.2, -0.15) is 0 Å². The summed E-state index contributed by atoms with van der Waals surface area (Å²) >= 11 is 0. The summed E-state index contributed by atoms with van der Waals surface area (Å²) in [6.07, 6.45) is 5.58. The highest BCUT2D eigenvalue weighted by Crippen LogP contribution is 2.46. The van der Waals surface area contributed by atoms with Crippen molar-refractivity contribution in [3.63, 3.8) is 0 Å². The molecular weight excluding hydrogens is 304 g/mol. The van der Waals surface area contributed by atoms with E-state index in [2.05, 4.69) is 19.6 Å². The number of ketones is 1. The Hall–Kier alpha value is -2.07. The first-order chi connectivity index (χ1) is 11.6. The third kappa shape index (κ3) is 2.98. The molecule has 1 fully saturated rings. The van der Waals surface area contributed by atoms with Gasteiger partial charge in [0, 0.05) is 12.0 Å². The zero-order valence-corrected chi connectivity index (χ0v) is 14.3. The van der Waals surface area contributed by atoms with E-state index in [9.17, 15) is 4.79 Å². The summed E-state index contributed by atoms with van der Waals surface area (Å²) in [7, 11) is 1.67. The molecule has 1 aliphatic heterocycles. The van der Waals surface area contributed by atoms with E-state index < -0.39 is 5.60 Å². The van der Waals surface area contributed by atoms with Crippen LogP contribution in [0.2, 0.25) is 0 Å². The summed E-state index contributed by atoms with van der Waals surface area (Å²) in [5.41, 5.74) is 0.660. The van der Waals surface area contributed by atoms with Crippen molar-refractivity contribution in [2.24, 2.45) is 11.8 Å². The lowest BCUT2D eigenvalue weighted by atomic mass is 9.71. The van der Waals surface area contributed by atoms with Gasteiger partial charge >= 0.3 is 0 Å². The standard InChI is InChI=1S/C20H24O4/c1-4-6-16-12-20(19(11-18(16)21)23-13-24-20)14(2)9-15-7-5-8-17(10-15)22-3/h4-5,7-8,10-11,14,16H,1,6,9,12-13H2,2-3H3/t14?,16-,20+/m0/s1. The number of benzene rings is 1. The molecule has 1 aromatic carbocycles. The van der Waals surface area contributed by atoms with E-state index in [0.29, 0.717) is 18.6 Å². The molecular formula is C20H24O4. The molecule has 3 rings (SSSR count). The summed E-state index contributed by atoms with van der Waals surface area (Å²) in [6, 6.07) is 8.06. The fraction of sp³-hybridized carbons (Fsp3) is 0.450. The minimum atomic E-state index is -0.523. The van der Waals surface area contributed by atoms with Crippen LogP contribution >= 0.6 is 0 Å². The average molecular weight is 328 g/mol. The van der Waals surface area contributed by atoms with Gasteiger partial charge in [0.25, 0.3) is 0 Å². The number of methoxy groups -OCH3 is 1. The molecule has 3 atom stereocenters. The van der Waals surface area contributed by atoms with Crippen LogP contribution in [0.1, 0.15) is 25.3 Å². The van der Waals surface area contributed by atoms with Gasteiger partial charge in [-0.05, 0) is 42.9 Å². The van der Waals surface area contributed by atoms with Crippen LogP contribution in [0.15, 0.2) is 48.8 Å². The van der Waals surface area contributed by atoms with Crippen LogP contribution in [0.4, 0.5) is 0 Å². The lowest BCUT2D eigenvalue weighted by molar-refractivity contribution is -0.123. The molecule has 1 heterocycles. The first kappa shape index (κ1) is 16.8.